The van der Waals surface area contributed by atoms with Gasteiger partial charge in [0.05, 0.1) is 11.6 Å². The normalized spacial score (nSPS) is 21.2. The van der Waals surface area contributed by atoms with E-state index in [-0.39, 0.29) is 17.9 Å². The highest BCUT2D eigenvalue weighted by Gasteiger charge is 2.31. The van der Waals surface area contributed by atoms with Crippen LogP contribution in [0.3, 0.4) is 0 Å². The Morgan fingerprint density at radius 3 is 2.32 bits per heavy atom. The van der Waals surface area contributed by atoms with Crippen LogP contribution in [0.1, 0.15) is 41.6 Å². The summed E-state index contributed by atoms with van der Waals surface area (Å²) in [6, 6.07) is 2.28. The number of nitrogens with zero attached hydrogens (tertiary/aromatic N) is 3. The molecule has 3 rings (SSSR count). The maximum atomic E-state index is 12.9. The Hall–Kier alpha value is -1.47. The van der Waals surface area contributed by atoms with Gasteiger partial charge in [0.2, 0.25) is 5.91 Å². The number of aryl methyl sites for hydroxylation is 1. The van der Waals surface area contributed by atoms with Crippen LogP contribution in [0.15, 0.2) is 6.07 Å². The topological polar surface area (TPSA) is 57.6 Å². The number of rotatable bonds is 3. The van der Waals surface area contributed by atoms with Crippen LogP contribution in [0.2, 0.25) is 0 Å². The number of hydrogen-bond acceptors (Lipinski definition) is 4. The molecule has 1 atom stereocenters. The summed E-state index contributed by atoms with van der Waals surface area (Å²) in [6.07, 6.45) is 0. The fraction of sp³-hybridized carbons (Fsp3) is 0.667. The number of thioether (sulfide) groups is 1. The van der Waals surface area contributed by atoms with Gasteiger partial charge in [-0.25, -0.2) is 0 Å². The van der Waals surface area contributed by atoms with Crippen LogP contribution >= 0.6 is 11.8 Å². The molecule has 138 valence electrons. The van der Waals surface area contributed by atoms with Crippen molar-refractivity contribution < 1.29 is 9.59 Å². The number of carbonyl (C=O) groups excluding carboxylic acids is 2. The third-order valence-corrected chi connectivity index (χ3v) is 6.06. The fourth-order valence-electron chi connectivity index (χ4n) is 3.86. The Morgan fingerprint density at radius 1 is 1.16 bits per heavy atom. The molecular formula is C18H28N4O2S. The van der Waals surface area contributed by atoms with E-state index in [0.717, 1.165) is 28.6 Å². The van der Waals surface area contributed by atoms with Crippen LogP contribution in [-0.2, 0) is 4.79 Å². The summed E-state index contributed by atoms with van der Waals surface area (Å²) >= 11 is 1.76. The largest absolute Gasteiger partial charge is 0.346 e. The van der Waals surface area contributed by atoms with Gasteiger partial charge < -0.3 is 14.4 Å². The Morgan fingerprint density at radius 2 is 1.80 bits per heavy atom. The van der Waals surface area contributed by atoms with E-state index in [4.69, 9.17) is 0 Å². The molecule has 2 fully saturated rings. The lowest BCUT2D eigenvalue weighted by Crippen LogP contribution is -2.54. The average molecular weight is 365 g/mol. The van der Waals surface area contributed by atoms with Gasteiger partial charge in [-0.05, 0) is 33.8 Å². The van der Waals surface area contributed by atoms with E-state index in [1.807, 2.05) is 29.7 Å². The lowest BCUT2D eigenvalue weighted by atomic mass is 10.2. The Balaban J connectivity index is 1.64. The van der Waals surface area contributed by atoms with Crippen LogP contribution in [0.25, 0.3) is 0 Å². The first-order valence-corrected chi connectivity index (χ1v) is 10.1. The number of aromatic nitrogens is 1. The lowest BCUT2D eigenvalue weighted by molar-refractivity contribution is -0.134. The maximum Gasteiger partial charge on any atom is 0.255 e. The molecule has 1 N–H and O–H groups in total. The standard InChI is InChI=1S/C18H28N4O2S/c1-12(2)22-13(3)9-15(14(22)4)17(23)20-5-7-21(8-6-20)18(24)16-10-25-11-19-16/h9,12,16,19H,5-8,10-11H2,1-4H3. The molecule has 0 aliphatic carbocycles. The Bertz CT molecular complexity index is 656. The van der Waals surface area contributed by atoms with E-state index in [0.29, 0.717) is 32.2 Å². The summed E-state index contributed by atoms with van der Waals surface area (Å²) in [5.41, 5.74) is 2.94. The molecule has 0 radical (unpaired) electrons. The van der Waals surface area contributed by atoms with Crippen molar-refractivity contribution in [3.63, 3.8) is 0 Å². The third kappa shape index (κ3) is 3.58. The predicted molar refractivity (Wildman–Crippen MR) is 101 cm³/mol. The lowest BCUT2D eigenvalue weighted by Gasteiger charge is -2.36. The molecule has 2 amide bonds. The van der Waals surface area contributed by atoms with Gasteiger partial charge in [-0.15, -0.1) is 11.8 Å². The monoisotopic (exact) mass is 364 g/mol. The number of hydrogen-bond donors (Lipinski definition) is 1. The first-order valence-electron chi connectivity index (χ1n) is 8.97. The van der Waals surface area contributed by atoms with E-state index in [1.54, 1.807) is 11.8 Å². The van der Waals surface area contributed by atoms with Crippen LogP contribution < -0.4 is 5.32 Å². The Labute approximate surface area is 153 Å². The van der Waals surface area contributed by atoms with Gasteiger partial charge in [-0.2, -0.15) is 0 Å². The minimum atomic E-state index is -0.0581. The van der Waals surface area contributed by atoms with Crippen molar-refractivity contribution in [2.24, 2.45) is 0 Å². The van der Waals surface area contributed by atoms with Gasteiger partial charge in [0.1, 0.15) is 0 Å². The van der Waals surface area contributed by atoms with E-state index < -0.39 is 0 Å². The van der Waals surface area contributed by atoms with Crippen molar-refractivity contribution in [1.29, 1.82) is 0 Å². The molecule has 1 unspecified atom stereocenters. The van der Waals surface area contributed by atoms with Gasteiger partial charge in [-0.3, -0.25) is 14.9 Å². The molecule has 3 heterocycles. The molecule has 0 saturated carbocycles. The van der Waals surface area contributed by atoms with E-state index in [9.17, 15) is 9.59 Å². The van der Waals surface area contributed by atoms with E-state index in [2.05, 4.69) is 23.7 Å². The van der Waals surface area contributed by atoms with Gasteiger partial charge in [0, 0.05) is 55.2 Å². The molecule has 0 spiro atoms. The van der Waals surface area contributed by atoms with Gasteiger partial charge in [-0.1, -0.05) is 0 Å². The summed E-state index contributed by atoms with van der Waals surface area (Å²) in [5.74, 6) is 1.95. The molecule has 7 heteroatoms. The van der Waals surface area contributed by atoms with Gasteiger partial charge in [0.25, 0.3) is 5.91 Å². The zero-order chi connectivity index (χ0) is 18.1. The fourth-order valence-corrected chi connectivity index (χ4v) is 4.80. The highest BCUT2D eigenvalue weighted by atomic mass is 32.2. The second-order valence-electron chi connectivity index (χ2n) is 7.14. The molecule has 25 heavy (non-hydrogen) atoms. The molecule has 1 aromatic rings. The van der Waals surface area contributed by atoms with Crippen LogP contribution in [-0.4, -0.2) is 70.0 Å². The molecule has 1 aromatic heterocycles. The van der Waals surface area contributed by atoms with Crippen molar-refractivity contribution in [2.75, 3.05) is 37.8 Å². The van der Waals surface area contributed by atoms with Crippen LogP contribution in [0.5, 0.6) is 0 Å². The number of carbonyl (C=O) groups is 2. The molecule has 0 bridgehead atoms. The molecule has 2 saturated heterocycles. The Kier molecular flexibility index (Phi) is 5.43. The van der Waals surface area contributed by atoms with E-state index >= 15 is 0 Å². The second-order valence-corrected chi connectivity index (χ2v) is 8.17. The zero-order valence-corrected chi connectivity index (χ0v) is 16.4. The van der Waals surface area contributed by atoms with Crippen LogP contribution in [0.4, 0.5) is 0 Å². The molecule has 2 aliphatic rings. The maximum absolute atomic E-state index is 12.9. The predicted octanol–water partition coefficient (Wildman–Crippen LogP) is 1.63. The molecule has 0 aromatic carbocycles. The van der Waals surface area contributed by atoms with Crippen LogP contribution in [0, 0.1) is 13.8 Å². The quantitative estimate of drug-likeness (QED) is 0.886. The molecule has 2 aliphatic heterocycles. The summed E-state index contributed by atoms with van der Waals surface area (Å²) < 4.78 is 2.20. The minimum Gasteiger partial charge on any atom is -0.346 e. The summed E-state index contributed by atoms with van der Waals surface area (Å²) in [5, 5.41) is 3.23. The van der Waals surface area contributed by atoms with Crippen molar-refractivity contribution in [3.8, 4) is 0 Å². The SMILES string of the molecule is Cc1cc(C(=O)N2CCN(C(=O)C3CSCN3)CC2)c(C)n1C(C)C. The summed E-state index contributed by atoms with van der Waals surface area (Å²) in [7, 11) is 0. The van der Waals surface area contributed by atoms with Gasteiger partial charge in [0.15, 0.2) is 0 Å². The molecule has 6 nitrogen and oxygen atoms in total. The van der Waals surface area contributed by atoms with Crippen molar-refractivity contribution in [1.82, 2.24) is 19.7 Å². The van der Waals surface area contributed by atoms with E-state index in [1.165, 1.54) is 0 Å². The number of piperazine rings is 1. The first kappa shape index (κ1) is 18.3. The summed E-state index contributed by atoms with van der Waals surface area (Å²) in [4.78, 5) is 29.2. The zero-order valence-electron chi connectivity index (χ0n) is 15.5. The minimum absolute atomic E-state index is 0.0581. The molecular weight excluding hydrogens is 336 g/mol. The highest BCUT2D eigenvalue weighted by molar-refractivity contribution is 7.99. The number of amides is 2. The second kappa shape index (κ2) is 7.41. The van der Waals surface area contributed by atoms with Gasteiger partial charge >= 0.3 is 0 Å². The van der Waals surface area contributed by atoms with Crippen molar-refractivity contribution in [3.05, 3.63) is 23.0 Å². The highest BCUT2D eigenvalue weighted by Crippen LogP contribution is 2.22. The average Bonchev–Trinajstić information content (AvgIpc) is 3.22. The van der Waals surface area contributed by atoms with Crippen molar-refractivity contribution >= 4 is 23.6 Å². The smallest absolute Gasteiger partial charge is 0.255 e. The third-order valence-electron chi connectivity index (χ3n) is 5.12. The number of nitrogens with one attached hydrogen (secondary N) is 1. The summed E-state index contributed by atoms with van der Waals surface area (Å²) in [6.45, 7) is 10.8. The first-order chi connectivity index (χ1) is 11.9. The van der Waals surface area contributed by atoms with Crippen molar-refractivity contribution in [2.45, 2.75) is 39.8 Å².